The smallest absolute Gasteiger partial charge is 0.244 e. The number of amides is 1. The van der Waals surface area contributed by atoms with Crippen LogP contribution in [0, 0.1) is 5.92 Å². The fourth-order valence-corrected chi connectivity index (χ4v) is 4.68. The molecule has 2 aliphatic rings. The maximum absolute atomic E-state index is 13.0. The first-order valence-electron chi connectivity index (χ1n) is 10.7. The maximum Gasteiger partial charge on any atom is 0.244 e. The number of nitrogens with zero attached hydrogens (tertiary/aromatic N) is 5. The standard InChI is InChI=1S/C22H31N5O/c28-22(18-27-12-4-11-24-27)26(17-20-5-3-10-23-15-20)16-19-8-13-25(14-9-19)21-6-1-2-7-21/h3-5,10-12,15,19,21H,1-2,6-9,13-14,16-18H2. The second-order valence-corrected chi connectivity index (χ2v) is 8.26. The number of hydrogen-bond donors (Lipinski definition) is 0. The van der Waals surface area contributed by atoms with Crippen molar-refractivity contribution in [1.82, 2.24) is 24.6 Å². The molecule has 0 bridgehead atoms. The van der Waals surface area contributed by atoms with Crippen LogP contribution in [-0.4, -0.2) is 56.1 Å². The van der Waals surface area contributed by atoms with E-state index in [0.29, 0.717) is 19.0 Å². The Morgan fingerprint density at radius 3 is 2.61 bits per heavy atom. The summed E-state index contributed by atoms with van der Waals surface area (Å²) in [5, 5.41) is 4.20. The number of rotatable bonds is 7. The molecule has 0 atom stereocenters. The van der Waals surface area contributed by atoms with Crippen molar-refractivity contribution < 1.29 is 4.79 Å². The van der Waals surface area contributed by atoms with Crippen molar-refractivity contribution in [3.63, 3.8) is 0 Å². The molecule has 4 rings (SSSR count). The van der Waals surface area contributed by atoms with Gasteiger partial charge in [-0.1, -0.05) is 18.9 Å². The average Bonchev–Trinajstić information content (AvgIpc) is 3.43. The summed E-state index contributed by atoms with van der Waals surface area (Å²) in [4.78, 5) is 21.9. The van der Waals surface area contributed by atoms with Crippen LogP contribution in [0.25, 0.3) is 0 Å². The highest BCUT2D eigenvalue weighted by molar-refractivity contribution is 5.75. The summed E-state index contributed by atoms with van der Waals surface area (Å²) in [6, 6.07) is 6.65. The predicted octanol–water partition coefficient (Wildman–Crippen LogP) is 2.96. The van der Waals surface area contributed by atoms with Gasteiger partial charge in [0, 0.05) is 43.9 Å². The molecule has 0 spiro atoms. The fraction of sp³-hybridized carbons (Fsp3) is 0.591. The predicted molar refractivity (Wildman–Crippen MR) is 108 cm³/mol. The summed E-state index contributed by atoms with van der Waals surface area (Å²) in [6.45, 7) is 4.12. The maximum atomic E-state index is 13.0. The van der Waals surface area contributed by atoms with E-state index >= 15 is 0 Å². The van der Waals surface area contributed by atoms with E-state index < -0.39 is 0 Å². The van der Waals surface area contributed by atoms with Crippen LogP contribution in [0.2, 0.25) is 0 Å². The number of carbonyl (C=O) groups is 1. The third kappa shape index (κ3) is 4.98. The van der Waals surface area contributed by atoms with Gasteiger partial charge in [0.05, 0.1) is 0 Å². The molecular weight excluding hydrogens is 350 g/mol. The van der Waals surface area contributed by atoms with Crippen LogP contribution in [0.5, 0.6) is 0 Å². The molecule has 2 fully saturated rings. The zero-order valence-electron chi connectivity index (χ0n) is 16.6. The molecule has 1 saturated heterocycles. The minimum atomic E-state index is 0.130. The van der Waals surface area contributed by atoms with Crippen molar-refractivity contribution in [2.45, 2.75) is 57.7 Å². The van der Waals surface area contributed by atoms with Crippen molar-refractivity contribution in [2.24, 2.45) is 5.92 Å². The summed E-state index contributed by atoms with van der Waals surface area (Å²) < 4.78 is 1.71. The molecule has 0 radical (unpaired) electrons. The molecule has 2 aromatic rings. The zero-order chi connectivity index (χ0) is 19.2. The third-order valence-electron chi connectivity index (χ3n) is 6.27. The Morgan fingerprint density at radius 2 is 1.93 bits per heavy atom. The van der Waals surface area contributed by atoms with Crippen LogP contribution in [0.15, 0.2) is 43.0 Å². The zero-order valence-corrected chi connectivity index (χ0v) is 16.6. The lowest BCUT2D eigenvalue weighted by Gasteiger charge is -2.38. The Kier molecular flexibility index (Phi) is 6.37. The lowest BCUT2D eigenvalue weighted by Crippen LogP contribution is -2.44. The van der Waals surface area contributed by atoms with E-state index in [1.807, 2.05) is 35.5 Å². The number of pyridine rings is 1. The second kappa shape index (κ2) is 9.32. The van der Waals surface area contributed by atoms with Gasteiger partial charge in [-0.25, -0.2) is 0 Å². The summed E-state index contributed by atoms with van der Waals surface area (Å²) in [7, 11) is 0. The molecular formula is C22H31N5O. The molecule has 0 aromatic carbocycles. The molecule has 6 nitrogen and oxygen atoms in total. The van der Waals surface area contributed by atoms with Gasteiger partial charge in [0.25, 0.3) is 0 Å². The van der Waals surface area contributed by atoms with E-state index in [0.717, 1.165) is 18.2 Å². The van der Waals surface area contributed by atoms with Crippen LogP contribution < -0.4 is 0 Å². The topological polar surface area (TPSA) is 54.3 Å². The van der Waals surface area contributed by atoms with Gasteiger partial charge >= 0.3 is 0 Å². The monoisotopic (exact) mass is 381 g/mol. The van der Waals surface area contributed by atoms with Crippen molar-refractivity contribution in [3.8, 4) is 0 Å². The van der Waals surface area contributed by atoms with Gasteiger partial charge in [0.15, 0.2) is 0 Å². The normalized spacial score (nSPS) is 19.1. The first-order chi connectivity index (χ1) is 13.8. The molecule has 3 heterocycles. The summed E-state index contributed by atoms with van der Waals surface area (Å²) in [5.74, 6) is 0.710. The second-order valence-electron chi connectivity index (χ2n) is 8.26. The lowest BCUT2D eigenvalue weighted by atomic mass is 9.94. The average molecular weight is 382 g/mol. The summed E-state index contributed by atoms with van der Waals surface area (Å²) in [5.41, 5.74) is 1.08. The molecule has 1 saturated carbocycles. The van der Waals surface area contributed by atoms with Crippen LogP contribution >= 0.6 is 0 Å². The number of aromatic nitrogens is 3. The van der Waals surface area contributed by atoms with Crippen molar-refractivity contribution in [2.75, 3.05) is 19.6 Å². The fourth-order valence-electron chi connectivity index (χ4n) is 4.68. The molecule has 150 valence electrons. The van der Waals surface area contributed by atoms with Crippen LogP contribution in [0.1, 0.15) is 44.1 Å². The number of carbonyl (C=O) groups excluding carboxylic acids is 1. The highest BCUT2D eigenvalue weighted by Crippen LogP contribution is 2.28. The molecule has 2 aromatic heterocycles. The van der Waals surface area contributed by atoms with E-state index in [2.05, 4.69) is 15.0 Å². The first-order valence-corrected chi connectivity index (χ1v) is 10.7. The van der Waals surface area contributed by atoms with Gasteiger partial charge in [0.1, 0.15) is 6.54 Å². The molecule has 1 aliphatic carbocycles. The molecule has 0 unspecified atom stereocenters. The van der Waals surface area contributed by atoms with Gasteiger partial charge in [-0.05, 0) is 62.4 Å². The highest BCUT2D eigenvalue weighted by atomic mass is 16.2. The first kappa shape index (κ1) is 19.1. The van der Waals surface area contributed by atoms with E-state index in [1.165, 1.54) is 51.6 Å². The quantitative estimate of drug-likeness (QED) is 0.740. The van der Waals surface area contributed by atoms with Gasteiger partial charge in [-0.3, -0.25) is 14.5 Å². The van der Waals surface area contributed by atoms with Crippen molar-refractivity contribution in [1.29, 1.82) is 0 Å². The SMILES string of the molecule is O=C(Cn1cccn1)N(Cc1cccnc1)CC1CCN(C2CCCC2)CC1. The van der Waals surface area contributed by atoms with Crippen molar-refractivity contribution >= 4 is 5.91 Å². The summed E-state index contributed by atoms with van der Waals surface area (Å²) in [6.07, 6.45) is 15.1. The molecule has 6 heteroatoms. The minimum Gasteiger partial charge on any atom is -0.336 e. The highest BCUT2D eigenvalue weighted by Gasteiger charge is 2.28. The van der Waals surface area contributed by atoms with Gasteiger partial charge in [0.2, 0.25) is 5.91 Å². The molecule has 28 heavy (non-hydrogen) atoms. The Hall–Kier alpha value is -2.21. The van der Waals surface area contributed by atoms with E-state index in [-0.39, 0.29) is 5.91 Å². The lowest BCUT2D eigenvalue weighted by molar-refractivity contribution is -0.133. The van der Waals surface area contributed by atoms with E-state index in [1.54, 1.807) is 17.1 Å². The van der Waals surface area contributed by atoms with Gasteiger partial charge in [-0.15, -0.1) is 0 Å². The van der Waals surface area contributed by atoms with Crippen LogP contribution in [0.4, 0.5) is 0 Å². The number of piperidine rings is 1. The Balaban J connectivity index is 1.36. The Labute approximate surface area is 167 Å². The van der Waals surface area contributed by atoms with E-state index in [9.17, 15) is 4.79 Å². The minimum absolute atomic E-state index is 0.130. The van der Waals surface area contributed by atoms with Crippen LogP contribution in [0.3, 0.4) is 0 Å². The van der Waals surface area contributed by atoms with Crippen LogP contribution in [-0.2, 0) is 17.9 Å². The molecule has 1 aliphatic heterocycles. The number of hydrogen-bond acceptors (Lipinski definition) is 4. The van der Waals surface area contributed by atoms with Gasteiger partial charge in [-0.2, -0.15) is 5.10 Å². The Morgan fingerprint density at radius 1 is 1.11 bits per heavy atom. The third-order valence-corrected chi connectivity index (χ3v) is 6.27. The molecule has 1 amide bonds. The molecule has 0 N–H and O–H groups in total. The van der Waals surface area contributed by atoms with Crippen molar-refractivity contribution in [3.05, 3.63) is 48.5 Å². The van der Waals surface area contributed by atoms with Gasteiger partial charge < -0.3 is 9.80 Å². The summed E-state index contributed by atoms with van der Waals surface area (Å²) >= 11 is 0. The largest absolute Gasteiger partial charge is 0.336 e. The Bertz CT molecular complexity index is 719. The van der Waals surface area contributed by atoms with E-state index in [4.69, 9.17) is 0 Å². The number of likely N-dealkylation sites (tertiary alicyclic amines) is 1.